The molecule has 3 N–H and O–H groups in total. The van der Waals surface area contributed by atoms with Crippen molar-refractivity contribution in [1.29, 1.82) is 0 Å². The van der Waals surface area contributed by atoms with Crippen LogP contribution in [0.1, 0.15) is 55.0 Å². The second-order valence-corrected chi connectivity index (χ2v) is 5.83. The van der Waals surface area contributed by atoms with Gasteiger partial charge in [-0.3, -0.25) is 0 Å². The molecule has 0 aliphatic heterocycles. The molecule has 2 aromatic rings. The molecule has 1 aliphatic carbocycles. The third-order valence-corrected chi connectivity index (χ3v) is 4.38. The number of benzene rings is 1. The first-order valence-electron chi connectivity index (χ1n) is 7.64. The summed E-state index contributed by atoms with van der Waals surface area (Å²) in [5.74, 6) is 1.64. The highest BCUT2D eigenvalue weighted by atomic mass is 14.9. The molecule has 3 heteroatoms. The Bertz CT molecular complexity index is 562. The number of nitrogens with zero attached hydrogens (tertiary/aromatic N) is 1. The van der Waals surface area contributed by atoms with Crippen molar-refractivity contribution in [3.8, 4) is 11.4 Å². The van der Waals surface area contributed by atoms with Crippen molar-refractivity contribution in [1.82, 2.24) is 9.97 Å². The molecule has 3 rings (SSSR count). The lowest BCUT2D eigenvalue weighted by Gasteiger charge is -2.20. The number of aryl methyl sites for hydroxylation is 1. The number of H-pyrrole nitrogens is 1. The van der Waals surface area contributed by atoms with Gasteiger partial charge in [-0.25, -0.2) is 4.98 Å². The predicted molar refractivity (Wildman–Crippen MR) is 82.5 cm³/mol. The zero-order valence-corrected chi connectivity index (χ0v) is 12.2. The van der Waals surface area contributed by atoms with E-state index in [2.05, 4.69) is 36.2 Å². The Kier molecular flexibility index (Phi) is 3.88. The quantitative estimate of drug-likeness (QED) is 0.888. The number of nitrogens with one attached hydrogen (secondary N) is 1. The molecular formula is C17H23N3. The summed E-state index contributed by atoms with van der Waals surface area (Å²) >= 11 is 0. The van der Waals surface area contributed by atoms with Crippen molar-refractivity contribution in [3.63, 3.8) is 0 Å². The Morgan fingerprint density at radius 1 is 1.15 bits per heavy atom. The highest BCUT2D eigenvalue weighted by Crippen LogP contribution is 2.34. The van der Waals surface area contributed by atoms with Crippen LogP contribution in [-0.2, 0) is 6.54 Å². The molecule has 3 nitrogen and oxygen atoms in total. The molecule has 0 radical (unpaired) electrons. The van der Waals surface area contributed by atoms with E-state index >= 15 is 0 Å². The van der Waals surface area contributed by atoms with Crippen LogP contribution in [0.4, 0.5) is 0 Å². The summed E-state index contributed by atoms with van der Waals surface area (Å²) in [4.78, 5) is 8.33. The fraction of sp³-hybridized carbons (Fsp3) is 0.471. The molecule has 1 heterocycles. The SMILES string of the molecule is Cc1[nH]c(-c2ccc(CN)cc2)nc1C1CCCCC1. The van der Waals surface area contributed by atoms with Crippen LogP contribution >= 0.6 is 0 Å². The van der Waals surface area contributed by atoms with Gasteiger partial charge in [-0.15, -0.1) is 0 Å². The largest absolute Gasteiger partial charge is 0.342 e. The molecule has 20 heavy (non-hydrogen) atoms. The molecule has 1 aliphatic rings. The van der Waals surface area contributed by atoms with Crippen molar-refractivity contribution in [2.45, 2.75) is 51.5 Å². The zero-order valence-electron chi connectivity index (χ0n) is 12.2. The second kappa shape index (κ2) is 5.80. The Labute approximate surface area is 120 Å². The van der Waals surface area contributed by atoms with E-state index in [1.165, 1.54) is 43.5 Å². The van der Waals surface area contributed by atoms with Crippen LogP contribution in [0, 0.1) is 6.92 Å². The van der Waals surface area contributed by atoms with E-state index in [9.17, 15) is 0 Å². The summed E-state index contributed by atoms with van der Waals surface area (Å²) in [5, 5.41) is 0. The first-order chi connectivity index (χ1) is 9.78. The zero-order chi connectivity index (χ0) is 13.9. The molecule has 1 fully saturated rings. The molecule has 0 amide bonds. The molecule has 1 saturated carbocycles. The molecule has 1 aromatic carbocycles. The van der Waals surface area contributed by atoms with Crippen LogP contribution in [-0.4, -0.2) is 9.97 Å². The third kappa shape index (κ3) is 2.63. The van der Waals surface area contributed by atoms with Crippen molar-refractivity contribution < 1.29 is 0 Å². The van der Waals surface area contributed by atoms with E-state index in [1.807, 2.05) is 0 Å². The maximum absolute atomic E-state index is 5.64. The van der Waals surface area contributed by atoms with Crippen molar-refractivity contribution >= 4 is 0 Å². The number of imidazole rings is 1. The number of aromatic nitrogens is 2. The highest BCUT2D eigenvalue weighted by Gasteiger charge is 2.20. The van der Waals surface area contributed by atoms with Gasteiger partial charge in [0, 0.05) is 23.7 Å². The van der Waals surface area contributed by atoms with Gasteiger partial charge in [-0.05, 0) is 25.3 Å². The van der Waals surface area contributed by atoms with E-state index < -0.39 is 0 Å². The number of rotatable bonds is 3. The van der Waals surface area contributed by atoms with Crippen molar-refractivity contribution in [2.75, 3.05) is 0 Å². The molecule has 0 unspecified atom stereocenters. The average Bonchev–Trinajstić information content (AvgIpc) is 2.90. The summed E-state index contributed by atoms with van der Waals surface area (Å²) in [6, 6.07) is 8.36. The lowest BCUT2D eigenvalue weighted by molar-refractivity contribution is 0.436. The molecule has 0 bridgehead atoms. The van der Waals surface area contributed by atoms with Crippen LogP contribution in [0.15, 0.2) is 24.3 Å². The maximum atomic E-state index is 5.64. The standard InChI is InChI=1S/C17H23N3/c1-12-16(14-5-3-2-4-6-14)20-17(19-12)15-9-7-13(11-18)8-10-15/h7-10,14H,2-6,11,18H2,1H3,(H,19,20). The van der Waals surface area contributed by atoms with Gasteiger partial charge in [-0.1, -0.05) is 43.5 Å². The highest BCUT2D eigenvalue weighted by molar-refractivity contribution is 5.56. The summed E-state index contributed by atoms with van der Waals surface area (Å²) < 4.78 is 0. The van der Waals surface area contributed by atoms with E-state index in [1.54, 1.807) is 0 Å². The minimum absolute atomic E-state index is 0.588. The van der Waals surface area contributed by atoms with Gasteiger partial charge in [0.05, 0.1) is 5.69 Å². The predicted octanol–water partition coefficient (Wildman–Crippen LogP) is 3.89. The van der Waals surface area contributed by atoms with E-state index in [0.717, 1.165) is 17.0 Å². The Balaban J connectivity index is 1.86. The molecule has 0 atom stereocenters. The van der Waals surface area contributed by atoms with Crippen LogP contribution < -0.4 is 5.73 Å². The Morgan fingerprint density at radius 3 is 2.50 bits per heavy atom. The number of hydrogen-bond donors (Lipinski definition) is 2. The van der Waals surface area contributed by atoms with Crippen LogP contribution in [0.2, 0.25) is 0 Å². The van der Waals surface area contributed by atoms with E-state index in [-0.39, 0.29) is 0 Å². The summed E-state index contributed by atoms with van der Waals surface area (Å²) in [7, 11) is 0. The van der Waals surface area contributed by atoms with E-state index in [0.29, 0.717) is 12.5 Å². The molecule has 1 aromatic heterocycles. The van der Waals surface area contributed by atoms with E-state index in [4.69, 9.17) is 10.7 Å². The van der Waals surface area contributed by atoms with Gasteiger partial charge < -0.3 is 10.7 Å². The van der Waals surface area contributed by atoms with Gasteiger partial charge in [-0.2, -0.15) is 0 Å². The van der Waals surface area contributed by atoms with Crippen LogP contribution in [0.3, 0.4) is 0 Å². The monoisotopic (exact) mass is 269 g/mol. The molecule has 106 valence electrons. The lowest BCUT2D eigenvalue weighted by Crippen LogP contribution is -2.06. The topological polar surface area (TPSA) is 54.7 Å². The minimum atomic E-state index is 0.588. The van der Waals surface area contributed by atoms with Crippen molar-refractivity contribution in [3.05, 3.63) is 41.2 Å². The molecule has 0 spiro atoms. The lowest BCUT2D eigenvalue weighted by atomic mass is 9.86. The van der Waals surface area contributed by atoms with Gasteiger partial charge in [0.2, 0.25) is 0 Å². The normalized spacial score (nSPS) is 16.5. The third-order valence-electron chi connectivity index (χ3n) is 4.38. The second-order valence-electron chi connectivity index (χ2n) is 5.83. The van der Waals surface area contributed by atoms with Gasteiger partial charge in [0.25, 0.3) is 0 Å². The fourth-order valence-corrected chi connectivity index (χ4v) is 3.18. The summed E-state index contributed by atoms with van der Waals surface area (Å²) in [5.41, 5.74) is 10.5. The molecule has 0 saturated heterocycles. The number of nitrogens with two attached hydrogens (primary N) is 1. The first-order valence-corrected chi connectivity index (χ1v) is 7.64. The van der Waals surface area contributed by atoms with Crippen molar-refractivity contribution in [2.24, 2.45) is 5.73 Å². The smallest absolute Gasteiger partial charge is 0.137 e. The molecular weight excluding hydrogens is 246 g/mol. The fourth-order valence-electron chi connectivity index (χ4n) is 3.18. The Morgan fingerprint density at radius 2 is 1.85 bits per heavy atom. The minimum Gasteiger partial charge on any atom is -0.342 e. The number of hydrogen-bond acceptors (Lipinski definition) is 2. The van der Waals surface area contributed by atoms with Gasteiger partial charge in [0.15, 0.2) is 0 Å². The van der Waals surface area contributed by atoms with Gasteiger partial charge in [0.1, 0.15) is 5.82 Å². The maximum Gasteiger partial charge on any atom is 0.137 e. The van der Waals surface area contributed by atoms with Crippen LogP contribution in [0.5, 0.6) is 0 Å². The number of aromatic amines is 1. The summed E-state index contributed by atoms with van der Waals surface area (Å²) in [6.07, 6.45) is 6.65. The van der Waals surface area contributed by atoms with Gasteiger partial charge >= 0.3 is 0 Å². The van der Waals surface area contributed by atoms with Crippen LogP contribution in [0.25, 0.3) is 11.4 Å². The summed E-state index contributed by atoms with van der Waals surface area (Å²) in [6.45, 7) is 2.74. The first kappa shape index (κ1) is 13.4. The Hall–Kier alpha value is -1.61. The average molecular weight is 269 g/mol.